The molecule has 10 nitrogen and oxygen atoms in total. The molecule has 0 unspecified atom stereocenters. The van der Waals surface area contributed by atoms with Crippen LogP contribution in [-0.4, -0.2) is 76.4 Å². The topological polar surface area (TPSA) is 123 Å². The molecular formula is C26H30F3N7O3S. The van der Waals surface area contributed by atoms with Crippen molar-refractivity contribution < 1.29 is 26.4 Å². The lowest BCUT2D eigenvalue weighted by Gasteiger charge is -2.49. The third kappa shape index (κ3) is 4.17. The predicted molar refractivity (Wildman–Crippen MR) is 141 cm³/mol. The largest absolute Gasteiger partial charge is 0.419 e. The molecule has 0 radical (unpaired) electrons. The molecule has 0 bridgehead atoms. The lowest BCUT2D eigenvalue weighted by molar-refractivity contribution is -0.138. The molecule has 14 heteroatoms. The highest BCUT2D eigenvalue weighted by Gasteiger charge is 2.57. The number of amides is 1. The Hall–Kier alpha value is -3.47. The molecule has 2 fully saturated rings. The first-order valence-corrected chi connectivity index (χ1v) is 14.6. The molecule has 214 valence electrons. The smallest absolute Gasteiger partial charge is 0.350 e. The Kier molecular flexibility index (Phi) is 6.33. The van der Waals surface area contributed by atoms with E-state index in [-0.39, 0.29) is 29.4 Å². The van der Waals surface area contributed by atoms with E-state index >= 15 is 0 Å². The average molecular weight is 578 g/mol. The number of sulfone groups is 1. The lowest BCUT2D eigenvalue weighted by atomic mass is 9.87. The zero-order valence-corrected chi connectivity index (χ0v) is 23.6. The van der Waals surface area contributed by atoms with E-state index in [2.05, 4.69) is 19.9 Å². The van der Waals surface area contributed by atoms with Crippen LogP contribution >= 0.6 is 0 Å². The minimum Gasteiger partial charge on any atom is -0.350 e. The van der Waals surface area contributed by atoms with Gasteiger partial charge < -0.3 is 14.7 Å². The van der Waals surface area contributed by atoms with Gasteiger partial charge in [0, 0.05) is 42.7 Å². The third-order valence-corrected chi connectivity index (χ3v) is 10.9. The highest BCUT2D eigenvalue weighted by atomic mass is 32.2. The highest BCUT2D eigenvalue weighted by molar-refractivity contribution is 7.95. The average Bonchev–Trinajstić information content (AvgIpc) is 3.18. The first-order valence-electron chi connectivity index (χ1n) is 12.9. The number of nitrogens with zero attached hydrogens (tertiary/aromatic N) is 7. The van der Waals surface area contributed by atoms with E-state index in [1.807, 2.05) is 27.7 Å². The van der Waals surface area contributed by atoms with Crippen molar-refractivity contribution in [2.75, 3.05) is 35.2 Å². The van der Waals surface area contributed by atoms with Crippen LogP contribution in [0.15, 0.2) is 18.6 Å². The number of pyridine rings is 1. The van der Waals surface area contributed by atoms with Gasteiger partial charge in [-0.15, -0.1) is 0 Å². The third-order valence-electron chi connectivity index (χ3n) is 8.39. The van der Waals surface area contributed by atoms with Gasteiger partial charge in [0.2, 0.25) is 5.91 Å². The van der Waals surface area contributed by atoms with Crippen molar-refractivity contribution in [1.29, 1.82) is 5.26 Å². The summed E-state index contributed by atoms with van der Waals surface area (Å²) in [6, 6.07) is 1.90. The van der Waals surface area contributed by atoms with Crippen LogP contribution in [0, 0.1) is 11.3 Å². The summed E-state index contributed by atoms with van der Waals surface area (Å²) < 4.78 is 64.4. The summed E-state index contributed by atoms with van der Waals surface area (Å²) >= 11 is 0. The molecule has 0 N–H and O–H groups in total. The standard InChI is InChI=1S/C26H30F3N7O3S/c1-15-12-35(23(37)25(5)6-7-40(25,38)39)16(2)11-34(15)21-20-22(33-14-32-21)36(13-24(20,3)4)17-8-18(26(27,28)29)19(9-30)31-10-17/h8,10,14-16H,6-7,11-13H2,1-5H3/t15-,16+,25-/m0/s1. The number of aromatic nitrogens is 3. The Labute approximate surface area is 230 Å². The second kappa shape index (κ2) is 9.02. The molecule has 40 heavy (non-hydrogen) atoms. The summed E-state index contributed by atoms with van der Waals surface area (Å²) in [6.45, 7) is 10.2. The van der Waals surface area contributed by atoms with Gasteiger partial charge in [-0.1, -0.05) is 13.8 Å². The molecule has 2 aromatic heterocycles. The monoisotopic (exact) mass is 577 g/mol. The SMILES string of the molecule is C[C@@H]1CN(c2ncnc3c2C(C)(C)CN3c2cnc(C#N)c(C(F)(F)F)c2)[C@@H](C)CN1C(=O)[C@]1(C)CCS1(=O)=O. The van der Waals surface area contributed by atoms with Crippen molar-refractivity contribution in [3.05, 3.63) is 35.4 Å². The number of hydrogen-bond donors (Lipinski definition) is 0. The summed E-state index contributed by atoms with van der Waals surface area (Å²) in [6.07, 6.45) is -1.84. The Morgan fingerprint density at radius 3 is 2.35 bits per heavy atom. The van der Waals surface area contributed by atoms with Crippen LogP contribution in [0.4, 0.5) is 30.5 Å². The number of carbonyl (C=O) groups excluding carboxylic acids is 1. The number of fused-ring (bicyclic) bond motifs is 1. The van der Waals surface area contributed by atoms with Crippen molar-refractivity contribution in [3.8, 4) is 6.07 Å². The quantitative estimate of drug-likeness (QED) is 0.541. The van der Waals surface area contributed by atoms with Gasteiger partial charge in [0.05, 0.1) is 23.2 Å². The molecule has 2 aromatic rings. The number of piperazine rings is 1. The fourth-order valence-corrected chi connectivity index (χ4v) is 7.42. The summed E-state index contributed by atoms with van der Waals surface area (Å²) in [5, 5.41) is 9.14. The fraction of sp³-hybridized carbons (Fsp3) is 0.577. The zero-order valence-electron chi connectivity index (χ0n) is 22.8. The molecule has 3 aliphatic heterocycles. The summed E-state index contributed by atoms with van der Waals surface area (Å²) in [4.78, 5) is 31.5. The summed E-state index contributed by atoms with van der Waals surface area (Å²) in [7, 11) is -3.47. The molecule has 1 amide bonds. The minimum absolute atomic E-state index is 0.0109. The molecule has 2 saturated heterocycles. The van der Waals surface area contributed by atoms with E-state index in [1.54, 1.807) is 9.80 Å². The van der Waals surface area contributed by atoms with Crippen molar-refractivity contribution in [3.63, 3.8) is 0 Å². The second-order valence-electron chi connectivity index (χ2n) is 11.7. The fourth-order valence-electron chi connectivity index (χ4n) is 5.89. The van der Waals surface area contributed by atoms with Gasteiger partial charge in [-0.2, -0.15) is 18.4 Å². The highest BCUT2D eigenvalue weighted by Crippen LogP contribution is 2.48. The van der Waals surface area contributed by atoms with Crippen molar-refractivity contribution in [1.82, 2.24) is 19.9 Å². The van der Waals surface area contributed by atoms with Crippen LogP contribution in [0.1, 0.15) is 57.9 Å². The zero-order chi connectivity index (χ0) is 29.4. The number of alkyl halides is 3. The Morgan fingerprint density at radius 2 is 1.77 bits per heavy atom. The number of hydrogen-bond acceptors (Lipinski definition) is 9. The van der Waals surface area contributed by atoms with Crippen LogP contribution in [0.3, 0.4) is 0 Å². The molecule has 0 aromatic carbocycles. The van der Waals surface area contributed by atoms with Crippen LogP contribution in [0.25, 0.3) is 0 Å². The number of carbonyl (C=O) groups is 1. The number of nitriles is 1. The van der Waals surface area contributed by atoms with Gasteiger partial charge in [0.25, 0.3) is 0 Å². The first-order chi connectivity index (χ1) is 18.5. The van der Waals surface area contributed by atoms with E-state index in [4.69, 9.17) is 5.26 Å². The predicted octanol–water partition coefficient (Wildman–Crippen LogP) is 3.19. The van der Waals surface area contributed by atoms with Gasteiger partial charge in [-0.05, 0) is 33.3 Å². The maximum absolute atomic E-state index is 13.7. The molecule has 0 aliphatic carbocycles. The second-order valence-corrected chi connectivity index (χ2v) is 14.2. The van der Waals surface area contributed by atoms with Gasteiger partial charge in [-0.3, -0.25) is 4.79 Å². The number of anilines is 3. The van der Waals surface area contributed by atoms with Crippen LogP contribution in [-0.2, 0) is 26.2 Å². The minimum atomic E-state index is -4.75. The maximum atomic E-state index is 13.7. The van der Waals surface area contributed by atoms with E-state index in [1.165, 1.54) is 25.5 Å². The Morgan fingerprint density at radius 1 is 1.10 bits per heavy atom. The lowest BCUT2D eigenvalue weighted by Crippen LogP contribution is -2.66. The van der Waals surface area contributed by atoms with E-state index in [0.29, 0.717) is 37.7 Å². The normalized spacial score (nSPS) is 27.1. The van der Waals surface area contributed by atoms with Crippen molar-refractivity contribution in [2.45, 2.75) is 69.5 Å². The first kappa shape index (κ1) is 28.1. The van der Waals surface area contributed by atoms with Crippen LogP contribution in [0.5, 0.6) is 0 Å². The van der Waals surface area contributed by atoms with Crippen molar-refractivity contribution >= 4 is 33.1 Å². The molecule has 0 spiro atoms. The Balaban J connectivity index is 1.49. The summed E-state index contributed by atoms with van der Waals surface area (Å²) in [5.41, 5.74) is -1.47. The molecule has 5 rings (SSSR count). The molecule has 5 heterocycles. The molecular weight excluding hydrogens is 547 g/mol. The maximum Gasteiger partial charge on any atom is 0.419 e. The van der Waals surface area contributed by atoms with Crippen molar-refractivity contribution in [2.24, 2.45) is 0 Å². The molecule has 3 atom stereocenters. The van der Waals surface area contributed by atoms with Gasteiger partial charge in [0.15, 0.2) is 15.5 Å². The van der Waals surface area contributed by atoms with Gasteiger partial charge in [-0.25, -0.2) is 23.4 Å². The Bertz CT molecular complexity index is 1540. The van der Waals surface area contributed by atoms with E-state index < -0.39 is 37.4 Å². The molecule has 0 saturated carbocycles. The van der Waals surface area contributed by atoms with Crippen LogP contribution < -0.4 is 9.80 Å². The number of rotatable bonds is 3. The van der Waals surface area contributed by atoms with E-state index in [0.717, 1.165) is 11.6 Å². The van der Waals surface area contributed by atoms with E-state index in [9.17, 15) is 26.4 Å². The van der Waals surface area contributed by atoms with Crippen LogP contribution in [0.2, 0.25) is 0 Å². The van der Waals surface area contributed by atoms with Gasteiger partial charge >= 0.3 is 6.18 Å². The summed E-state index contributed by atoms with van der Waals surface area (Å²) in [5.74, 6) is 0.688. The van der Waals surface area contributed by atoms with Gasteiger partial charge in [0.1, 0.15) is 28.8 Å². The number of halogens is 3. The molecule has 3 aliphatic rings.